The lowest BCUT2D eigenvalue weighted by Crippen LogP contribution is -2.51. The average molecular weight is 441 g/mol. The topological polar surface area (TPSA) is 67.9 Å². The molecule has 0 radical (unpaired) electrons. The van der Waals surface area contributed by atoms with Crippen molar-refractivity contribution in [1.29, 1.82) is 0 Å². The highest BCUT2D eigenvalue weighted by Gasteiger charge is 2.29. The lowest BCUT2D eigenvalue weighted by atomic mass is 10.1. The molecule has 0 aliphatic carbocycles. The lowest BCUT2D eigenvalue weighted by Gasteiger charge is -2.31. The first-order valence-electron chi connectivity index (χ1n) is 11.2. The third kappa shape index (κ3) is 7.01. The van der Waals surface area contributed by atoms with Crippen LogP contribution in [0.4, 0.5) is 0 Å². The molecule has 32 heavy (non-hydrogen) atoms. The summed E-state index contributed by atoms with van der Waals surface area (Å²) in [5.41, 5.74) is 2.99. The number of carbonyl (C=O) groups excluding carboxylic acids is 2. The molecular formula is C26H36N2O4. The van der Waals surface area contributed by atoms with Crippen LogP contribution in [0.15, 0.2) is 42.5 Å². The van der Waals surface area contributed by atoms with E-state index in [-0.39, 0.29) is 24.5 Å². The predicted octanol–water partition coefficient (Wildman–Crippen LogP) is 4.41. The fraction of sp³-hybridized carbons (Fsp3) is 0.462. The first kappa shape index (κ1) is 25.2. The van der Waals surface area contributed by atoms with Crippen molar-refractivity contribution in [2.75, 3.05) is 13.7 Å². The minimum atomic E-state index is -0.592. The maximum atomic E-state index is 13.3. The number of hydrogen-bond acceptors (Lipinski definition) is 4. The van der Waals surface area contributed by atoms with Gasteiger partial charge in [0.25, 0.3) is 5.91 Å². The highest BCUT2D eigenvalue weighted by molar-refractivity contribution is 5.88. The van der Waals surface area contributed by atoms with Crippen LogP contribution in [0.3, 0.4) is 0 Å². The Morgan fingerprint density at radius 3 is 2.44 bits per heavy atom. The van der Waals surface area contributed by atoms with Crippen molar-refractivity contribution < 1.29 is 19.1 Å². The number of amides is 2. The van der Waals surface area contributed by atoms with Gasteiger partial charge in [0.05, 0.1) is 7.11 Å². The van der Waals surface area contributed by atoms with E-state index in [0.29, 0.717) is 24.5 Å². The van der Waals surface area contributed by atoms with Crippen LogP contribution < -0.4 is 14.8 Å². The molecule has 2 aromatic carbocycles. The van der Waals surface area contributed by atoms with Gasteiger partial charge in [-0.15, -0.1) is 0 Å². The molecule has 0 aromatic heterocycles. The molecule has 0 unspecified atom stereocenters. The molecule has 0 aliphatic rings. The van der Waals surface area contributed by atoms with Crippen LogP contribution in [0.2, 0.25) is 0 Å². The first-order valence-corrected chi connectivity index (χ1v) is 11.2. The molecule has 2 rings (SSSR count). The molecular weight excluding hydrogens is 404 g/mol. The zero-order chi connectivity index (χ0) is 23.7. The highest BCUT2D eigenvalue weighted by Crippen LogP contribution is 2.20. The fourth-order valence-electron chi connectivity index (χ4n) is 3.51. The van der Waals surface area contributed by atoms with Crippen LogP contribution in [0.1, 0.15) is 50.3 Å². The molecule has 2 atom stereocenters. The van der Waals surface area contributed by atoms with Crippen LogP contribution in [0, 0.1) is 13.8 Å². The van der Waals surface area contributed by atoms with Gasteiger partial charge in [-0.1, -0.05) is 43.7 Å². The summed E-state index contributed by atoms with van der Waals surface area (Å²) in [6, 6.07) is 12.8. The molecule has 0 heterocycles. The number of methoxy groups -OCH3 is 1. The monoisotopic (exact) mass is 440 g/mol. The quantitative estimate of drug-likeness (QED) is 0.562. The number of aryl methyl sites for hydroxylation is 2. The SMILES string of the molecule is CC[C@@H](C)NC(=O)[C@@H](CC)N(Cc1cccc(OC)c1)C(=O)COc1ccc(C)cc1C. The number of hydrogen-bond donors (Lipinski definition) is 1. The van der Waals surface area contributed by atoms with Crippen molar-refractivity contribution in [3.63, 3.8) is 0 Å². The molecule has 2 amide bonds. The Bertz CT molecular complexity index is 912. The van der Waals surface area contributed by atoms with Gasteiger partial charge < -0.3 is 19.7 Å². The average Bonchev–Trinajstić information content (AvgIpc) is 2.78. The molecule has 0 aliphatic heterocycles. The van der Waals surface area contributed by atoms with Gasteiger partial charge >= 0.3 is 0 Å². The van der Waals surface area contributed by atoms with E-state index in [2.05, 4.69) is 5.32 Å². The third-order valence-corrected chi connectivity index (χ3v) is 5.56. The summed E-state index contributed by atoms with van der Waals surface area (Å²) in [6.45, 7) is 10.0. The number of rotatable bonds is 11. The zero-order valence-electron chi connectivity index (χ0n) is 20.1. The van der Waals surface area contributed by atoms with Crippen molar-refractivity contribution >= 4 is 11.8 Å². The predicted molar refractivity (Wildman–Crippen MR) is 127 cm³/mol. The smallest absolute Gasteiger partial charge is 0.261 e. The van der Waals surface area contributed by atoms with E-state index in [1.807, 2.05) is 77.1 Å². The second-order valence-corrected chi connectivity index (χ2v) is 8.17. The van der Waals surface area contributed by atoms with Crippen molar-refractivity contribution in [3.05, 3.63) is 59.2 Å². The molecule has 0 bridgehead atoms. The van der Waals surface area contributed by atoms with Gasteiger partial charge in [0.1, 0.15) is 17.5 Å². The third-order valence-electron chi connectivity index (χ3n) is 5.56. The Hall–Kier alpha value is -3.02. The normalized spacial score (nSPS) is 12.6. The van der Waals surface area contributed by atoms with E-state index in [1.54, 1.807) is 12.0 Å². The second-order valence-electron chi connectivity index (χ2n) is 8.17. The Balaban J connectivity index is 2.25. The van der Waals surface area contributed by atoms with Gasteiger partial charge in [-0.25, -0.2) is 0 Å². The van der Waals surface area contributed by atoms with Crippen LogP contribution in [0.5, 0.6) is 11.5 Å². The van der Waals surface area contributed by atoms with Gasteiger partial charge in [-0.2, -0.15) is 0 Å². The largest absolute Gasteiger partial charge is 0.497 e. The Labute approximate surface area is 191 Å². The summed E-state index contributed by atoms with van der Waals surface area (Å²) in [7, 11) is 1.61. The molecule has 0 fully saturated rings. The van der Waals surface area contributed by atoms with Crippen molar-refractivity contribution in [2.24, 2.45) is 0 Å². The van der Waals surface area contributed by atoms with Gasteiger partial charge in [0, 0.05) is 12.6 Å². The summed E-state index contributed by atoms with van der Waals surface area (Å²) in [5, 5.41) is 3.02. The van der Waals surface area contributed by atoms with Crippen LogP contribution in [-0.4, -0.2) is 42.5 Å². The summed E-state index contributed by atoms with van der Waals surface area (Å²) in [4.78, 5) is 27.9. The van der Waals surface area contributed by atoms with Gasteiger partial charge in [0.15, 0.2) is 6.61 Å². The molecule has 1 N–H and O–H groups in total. The number of carbonyl (C=O) groups is 2. The second kappa shape index (κ2) is 12.1. The summed E-state index contributed by atoms with van der Waals surface area (Å²) < 4.78 is 11.2. The summed E-state index contributed by atoms with van der Waals surface area (Å²) >= 11 is 0. The van der Waals surface area contributed by atoms with Crippen molar-refractivity contribution in [1.82, 2.24) is 10.2 Å². The van der Waals surface area contributed by atoms with E-state index in [1.165, 1.54) is 0 Å². The number of nitrogens with zero attached hydrogens (tertiary/aromatic N) is 1. The fourth-order valence-corrected chi connectivity index (χ4v) is 3.51. The first-order chi connectivity index (χ1) is 15.3. The maximum absolute atomic E-state index is 13.3. The highest BCUT2D eigenvalue weighted by atomic mass is 16.5. The Morgan fingerprint density at radius 1 is 1.06 bits per heavy atom. The zero-order valence-corrected chi connectivity index (χ0v) is 20.1. The van der Waals surface area contributed by atoms with E-state index in [9.17, 15) is 9.59 Å². The van der Waals surface area contributed by atoms with Crippen LogP contribution in [-0.2, 0) is 16.1 Å². The van der Waals surface area contributed by atoms with E-state index < -0.39 is 6.04 Å². The van der Waals surface area contributed by atoms with Crippen molar-refractivity contribution in [2.45, 2.75) is 66.1 Å². The maximum Gasteiger partial charge on any atom is 0.261 e. The minimum absolute atomic E-state index is 0.0387. The number of ether oxygens (including phenoxy) is 2. The Kier molecular flexibility index (Phi) is 9.57. The van der Waals surface area contributed by atoms with E-state index in [0.717, 1.165) is 23.1 Å². The van der Waals surface area contributed by atoms with Gasteiger partial charge in [0.2, 0.25) is 5.91 Å². The lowest BCUT2D eigenvalue weighted by molar-refractivity contribution is -0.143. The van der Waals surface area contributed by atoms with Crippen LogP contribution in [0.25, 0.3) is 0 Å². The van der Waals surface area contributed by atoms with E-state index >= 15 is 0 Å². The number of benzene rings is 2. The molecule has 174 valence electrons. The van der Waals surface area contributed by atoms with Crippen molar-refractivity contribution in [3.8, 4) is 11.5 Å². The molecule has 0 saturated heterocycles. The van der Waals surface area contributed by atoms with Gasteiger partial charge in [-0.3, -0.25) is 9.59 Å². The molecule has 6 heteroatoms. The molecule has 0 saturated carbocycles. The summed E-state index contributed by atoms with van der Waals surface area (Å²) in [5.74, 6) is 0.990. The Morgan fingerprint density at radius 2 is 1.81 bits per heavy atom. The molecule has 6 nitrogen and oxygen atoms in total. The van der Waals surface area contributed by atoms with Crippen LogP contribution >= 0.6 is 0 Å². The van der Waals surface area contributed by atoms with Gasteiger partial charge in [-0.05, 0) is 62.9 Å². The molecule has 2 aromatic rings. The summed E-state index contributed by atoms with van der Waals surface area (Å²) in [6.07, 6.45) is 1.32. The molecule has 0 spiro atoms. The van der Waals surface area contributed by atoms with E-state index in [4.69, 9.17) is 9.47 Å². The minimum Gasteiger partial charge on any atom is -0.497 e. The standard InChI is InChI=1S/C26H36N2O4/c1-7-20(5)27-26(30)23(8-2)28(16-21-10-9-11-22(15-21)31-6)25(29)17-32-24-13-12-18(3)14-19(24)4/h9-15,20,23H,7-8,16-17H2,1-6H3,(H,27,30)/t20-,23-/m1/s1. The number of nitrogens with one attached hydrogen (secondary N) is 1.